The Kier molecular flexibility index (Phi) is 3.23. The van der Waals surface area contributed by atoms with E-state index in [1.807, 2.05) is 0 Å². The van der Waals surface area contributed by atoms with Gasteiger partial charge in [-0.05, 0) is 19.1 Å². The fourth-order valence-corrected chi connectivity index (χ4v) is 0.837. The number of carbonyl (C=O) groups excluding carboxylic acids is 1. The number of hydrogen-bond donors (Lipinski definition) is 1. The van der Waals surface area contributed by atoms with Crippen LogP contribution in [0.15, 0.2) is 35.3 Å². The molecule has 1 rings (SSSR count). The zero-order valence-electron chi connectivity index (χ0n) is 7.87. The van der Waals surface area contributed by atoms with Gasteiger partial charge < -0.3 is 9.72 Å². The first-order valence-electron chi connectivity index (χ1n) is 4.10. The van der Waals surface area contributed by atoms with E-state index in [0.717, 1.165) is 0 Å². The van der Waals surface area contributed by atoms with Gasteiger partial charge in [0.2, 0.25) is 0 Å². The van der Waals surface area contributed by atoms with Crippen molar-refractivity contribution >= 4 is 5.97 Å². The number of aromatic amines is 1. The summed E-state index contributed by atoms with van der Waals surface area (Å²) in [6.45, 7) is 4.96. The lowest BCUT2D eigenvalue weighted by Crippen LogP contribution is -2.14. The number of pyridine rings is 1. The molecule has 0 fully saturated rings. The molecule has 1 aromatic heterocycles. The molecule has 0 saturated heterocycles. The van der Waals surface area contributed by atoms with Crippen molar-refractivity contribution < 1.29 is 9.53 Å². The molecule has 0 aliphatic rings. The van der Waals surface area contributed by atoms with Gasteiger partial charge in [0.05, 0.1) is 5.56 Å². The summed E-state index contributed by atoms with van der Waals surface area (Å²) in [6.07, 6.45) is 1.52. The minimum absolute atomic E-state index is 0.0259. The Balaban J connectivity index is 2.63. The molecule has 0 aliphatic heterocycles. The summed E-state index contributed by atoms with van der Waals surface area (Å²) in [6, 6.07) is 3.27. The van der Waals surface area contributed by atoms with E-state index in [4.69, 9.17) is 4.74 Å². The number of nitrogens with one attached hydrogen (secondary N) is 1. The van der Waals surface area contributed by atoms with Crippen LogP contribution < -0.4 is 5.56 Å². The molecule has 1 N–H and O–H groups in total. The molecule has 1 aromatic rings. The van der Waals surface area contributed by atoms with Gasteiger partial charge in [0.1, 0.15) is 6.61 Å². The maximum Gasteiger partial charge on any atom is 0.333 e. The normalized spacial score (nSPS) is 9.50. The van der Waals surface area contributed by atoms with Gasteiger partial charge in [-0.25, -0.2) is 4.79 Å². The molecule has 0 aliphatic carbocycles. The van der Waals surface area contributed by atoms with Crippen molar-refractivity contribution in [3.63, 3.8) is 0 Å². The maximum absolute atomic E-state index is 11.1. The van der Waals surface area contributed by atoms with Crippen LogP contribution in [0.25, 0.3) is 0 Å². The highest BCUT2D eigenvalue weighted by Crippen LogP contribution is 1.97. The third kappa shape index (κ3) is 2.58. The fraction of sp³-hybridized carbons (Fsp3) is 0.200. The molecular weight excluding hydrogens is 182 g/mol. The van der Waals surface area contributed by atoms with E-state index >= 15 is 0 Å². The van der Waals surface area contributed by atoms with Gasteiger partial charge in [0.25, 0.3) is 5.56 Å². The third-order valence-corrected chi connectivity index (χ3v) is 1.61. The molecule has 74 valence electrons. The predicted molar refractivity (Wildman–Crippen MR) is 51.7 cm³/mol. The van der Waals surface area contributed by atoms with Crippen LogP contribution >= 0.6 is 0 Å². The summed E-state index contributed by atoms with van der Waals surface area (Å²) in [7, 11) is 0. The van der Waals surface area contributed by atoms with E-state index in [1.54, 1.807) is 19.1 Å². The van der Waals surface area contributed by atoms with E-state index in [1.165, 1.54) is 6.20 Å². The number of rotatable bonds is 3. The Hall–Kier alpha value is -1.84. The molecule has 14 heavy (non-hydrogen) atoms. The second kappa shape index (κ2) is 4.41. The van der Waals surface area contributed by atoms with Crippen molar-refractivity contribution in [3.8, 4) is 0 Å². The van der Waals surface area contributed by atoms with E-state index < -0.39 is 5.97 Å². The molecule has 4 nitrogen and oxygen atoms in total. The lowest BCUT2D eigenvalue weighted by molar-refractivity contribution is -0.140. The number of aromatic nitrogens is 1. The van der Waals surface area contributed by atoms with Gasteiger partial charge in [-0.3, -0.25) is 4.79 Å². The van der Waals surface area contributed by atoms with Crippen LogP contribution in [0.2, 0.25) is 0 Å². The molecule has 0 atom stereocenters. The molecule has 4 heteroatoms. The lowest BCUT2D eigenvalue weighted by atomic mass is 10.3. The van der Waals surface area contributed by atoms with Crippen LogP contribution in [0.5, 0.6) is 0 Å². The Morgan fingerprint density at radius 1 is 1.64 bits per heavy atom. The van der Waals surface area contributed by atoms with Crippen LogP contribution in [-0.2, 0) is 16.1 Å². The SMILES string of the molecule is C=C(C)C(=O)OCc1ccc[nH]c1=O. The van der Waals surface area contributed by atoms with Crippen molar-refractivity contribution in [1.29, 1.82) is 0 Å². The predicted octanol–water partition coefficient (Wildman–Crippen LogP) is 0.994. The average molecular weight is 193 g/mol. The van der Waals surface area contributed by atoms with Gasteiger partial charge in [-0.15, -0.1) is 0 Å². The summed E-state index contributed by atoms with van der Waals surface area (Å²) in [5.74, 6) is -0.492. The highest BCUT2D eigenvalue weighted by molar-refractivity contribution is 5.86. The molecule has 1 heterocycles. The number of ether oxygens (including phenoxy) is 1. The summed E-state index contributed by atoms with van der Waals surface area (Å²) in [5.41, 5.74) is 0.487. The van der Waals surface area contributed by atoms with Gasteiger partial charge in [-0.1, -0.05) is 6.58 Å². The molecule has 0 saturated carbocycles. The number of hydrogen-bond acceptors (Lipinski definition) is 3. The van der Waals surface area contributed by atoms with Gasteiger partial charge in [-0.2, -0.15) is 0 Å². The minimum Gasteiger partial charge on any atom is -0.457 e. The van der Waals surface area contributed by atoms with Crippen LogP contribution in [0.1, 0.15) is 12.5 Å². The highest BCUT2D eigenvalue weighted by atomic mass is 16.5. The topological polar surface area (TPSA) is 59.2 Å². The Labute approximate surface area is 81.2 Å². The highest BCUT2D eigenvalue weighted by Gasteiger charge is 2.04. The van der Waals surface area contributed by atoms with Gasteiger partial charge in [0.15, 0.2) is 0 Å². The van der Waals surface area contributed by atoms with Crippen molar-refractivity contribution in [2.75, 3.05) is 0 Å². The summed E-state index contributed by atoms with van der Waals surface area (Å²) >= 11 is 0. The molecule has 0 amide bonds. The zero-order valence-corrected chi connectivity index (χ0v) is 7.87. The zero-order chi connectivity index (χ0) is 10.6. The first kappa shape index (κ1) is 10.2. The first-order valence-corrected chi connectivity index (χ1v) is 4.10. The summed E-state index contributed by atoms with van der Waals surface area (Å²) in [5, 5.41) is 0. The van der Waals surface area contributed by atoms with E-state index in [2.05, 4.69) is 11.6 Å². The largest absolute Gasteiger partial charge is 0.457 e. The number of carbonyl (C=O) groups is 1. The molecular formula is C10H11NO3. The second-order valence-electron chi connectivity index (χ2n) is 2.88. The standard InChI is InChI=1S/C10H11NO3/c1-7(2)10(13)14-6-8-4-3-5-11-9(8)12/h3-5H,1,6H2,2H3,(H,11,12). The molecule has 0 unspecified atom stereocenters. The van der Waals surface area contributed by atoms with Crippen molar-refractivity contribution in [2.45, 2.75) is 13.5 Å². The van der Waals surface area contributed by atoms with Crippen molar-refractivity contribution in [2.24, 2.45) is 0 Å². The molecule has 0 aromatic carbocycles. The van der Waals surface area contributed by atoms with Crippen molar-refractivity contribution in [3.05, 3.63) is 46.4 Å². The molecule has 0 bridgehead atoms. The smallest absolute Gasteiger partial charge is 0.333 e. The monoisotopic (exact) mass is 193 g/mol. The molecule has 0 spiro atoms. The Morgan fingerprint density at radius 2 is 2.36 bits per heavy atom. The third-order valence-electron chi connectivity index (χ3n) is 1.61. The minimum atomic E-state index is -0.492. The Bertz CT molecular complexity index is 406. The van der Waals surface area contributed by atoms with Crippen LogP contribution in [0.4, 0.5) is 0 Å². The van der Waals surface area contributed by atoms with Crippen LogP contribution in [0.3, 0.4) is 0 Å². The van der Waals surface area contributed by atoms with E-state index in [0.29, 0.717) is 11.1 Å². The number of H-pyrrole nitrogens is 1. The summed E-state index contributed by atoms with van der Waals surface area (Å²) < 4.78 is 4.81. The second-order valence-corrected chi connectivity index (χ2v) is 2.88. The van der Waals surface area contributed by atoms with Crippen LogP contribution in [0, 0.1) is 0 Å². The summed E-state index contributed by atoms with van der Waals surface area (Å²) in [4.78, 5) is 24.6. The van der Waals surface area contributed by atoms with E-state index in [9.17, 15) is 9.59 Å². The molecule has 0 radical (unpaired) electrons. The van der Waals surface area contributed by atoms with Crippen LogP contribution in [-0.4, -0.2) is 11.0 Å². The maximum atomic E-state index is 11.1. The van der Waals surface area contributed by atoms with E-state index in [-0.39, 0.29) is 12.2 Å². The quantitative estimate of drug-likeness (QED) is 0.575. The Morgan fingerprint density at radius 3 is 2.93 bits per heavy atom. The van der Waals surface area contributed by atoms with Gasteiger partial charge >= 0.3 is 5.97 Å². The number of esters is 1. The van der Waals surface area contributed by atoms with Gasteiger partial charge in [0, 0.05) is 11.8 Å². The average Bonchev–Trinajstić information content (AvgIpc) is 2.16. The lowest BCUT2D eigenvalue weighted by Gasteiger charge is -2.02. The van der Waals surface area contributed by atoms with Crippen molar-refractivity contribution in [1.82, 2.24) is 4.98 Å². The fourth-order valence-electron chi connectivity index (χ4n) is 0.837. The first-order chi connectivity index (χ1) is 6.61.